The Kier molecular flexibility index (Phi) is 11.3. The SMILES string of the molecule is NC(CCCCCCCCCCBr)C(=O)O. The predicted octanol–water partition coefficient (Wildman–Crippen LogP) is 3.30. The number of carbonyl (C=O) groups is 1. The molecule has 0 aliphatic rings. The van der Waals surface area contributed by atoms with E-state index in [4.69, 9.17) is 10.8 Å². The van der Waals surface area contributed by atoms with Gasteiger partial charge in [0.2, 0.25) is 0 Å². The molecule has 0 saturated heterocycles. The fraction of sp³-hybridized carbons (Fsp3) is 0.917. The summed E-state index contributed by atoms with van der Waals surface area (Å²) in [4.78, 5) is 10.4. The largest absolute Gasteiger partial charge is 0.480 e. The molecule has 4 heteroatoms. The van der Waals surface area contributed by atoms with E-state index >= 15 is 0 Å². The van der Waals surface area contributed by atoms with Gasteiger partial charge >= 0.3 is 5.97 Å². The number of hydrogen-bond donors (Lipinski definition) is 2. The van der Waals surface area contributed by atoms with E-state index in [-0.39, 0.29) is 0 Å². The highest BCUT2D eigenvalue weighted by Crippen LogP contribution is 2.10. The molecule has 0 fully saturated rings. The fourth-order valence-electron chi connectivity index (χ4n) is 1.64. The highest BCUT2D eigenvalue weighted by Gasteiger charge is 2.09. The molecule has 0 heterocycles. The summed E-state index contributed by atoms with van der Waals surface area (Å²) in [6.45, 7) is 0. The lowest BCUT2D eigenvalue weighted by molar-refractivity contribution is -0.138. The summed E-state index contributed by atoms with van der Waals surface area (Å²) in [5, 5.41) is 9.69. The normalized spacial score (nSPS) is 12.6. The van der Waals surface area contributed by atoms with Gasteiger partial charge in [-0.2, -0.15) is 0 Å². The van der Waals surface area contributed by atoms with Crippen molar-refractivity contribution in [2.45, 2.75) is 63.8 Å². The van der Waals surface area contributed by atoms with Gasteiger partial charge in [-0.05, 0) is 12.8 Å². The third kappa shape index (κ3) is 10.4. The average molecular weight is 294 g/mol. The predicted molar refractivity (Wildman–Crippen MR) is 71.0 cm³/mol. The topological polar surface area (TPSA) is 63.3 Å². The first-order valence-corrected chi connectivity index (χ1v) is 7.35. The summed E-state index contributed by atoms with van der Waals surface area (Å²) in [6, 6.07) is -0.668. The fourth-order valence-corrected chi connectivity index (χ4v) is 2.04. The van der Waals surface area contributed by atoms with Gasteiger partial charge < -0.3 is 10.8 Å². The number of hydrogen-bond acceptors (Lipinski definition) is 2. The van der Waals surface area contributed by atoms with E-state index < -0.39 is 12.0 Å². The Hall–Kier alpha value is -0.0900. The number of unbranched alkanes of at least 4 members (excludes halogenated alkanes) is 7. The van der Waals surface area contributed by atoms with Crippen LogP contribution < -0.4 is 5.73 Å². The van der Waals surface area contributed by atoms with Crippen LogP contribution in [0.25, 0.3) is 0 Å². The van der Waals surface area contributed by atoms with Gasteiger partial charge in [-0.15, -0.1) is 0 Å². The van der Waals surface area contributed by atoms with Crippen molar-refractivity contribution in [3.8, 4) is 0 Å². The maximum absolute atomic E-state index is 10.4. The van der Waals surface area contributed by atoms with Crippen LogP contribution in [0.15, 0.2) is 0 Å². The molecule has 3 N–H and O–H groups in total. The molecule has 16 heavy (non-hydrogen) atoms. The molecule has 1 atom stereocenters. The van der Waals surface area contributed by atoms with Crippen molar-refractivity contribution >= 4 is 21.9 Å². The zero-order valence-electron chi connectivity index (χ0n) is 9.96. The lowest BCUT2D eigenvalue weighted by Crippen LogP contribution is -2.29. The minimum absolute atomic E-state index is 0.610. The Balaban J connectivity index is 3.07. The van der Waals surface area contributed by atoms with Crippen LogP contribution in [0.5, 0.6) is 0 Å². The number of nitrogens with two attached hydrogens (primary N) is 1. The van der Waals surface area contributed by atoms with Gasteiger partial charge in [-0.1, -0.05) is 60.9 Å². The van der Waals surface area contributed by atoms with Crippen LogP contribution in [-0.4, -0.2) is 22.4 Å². The van der Waals surface area contributed by atoms with Crippen LogP contribution in [0.2, 0.25) is 0 Å². The minimum atomic E-state index is -0.880. The number of rotatable bonds is 11. The quantitative estimate of drug-likeness (QED) is 0.454. The van der Waals surface area contributed by atoms with Crippen molar-refractivity contribution in [1.29, 1.82) is 0 Å². The van der Waals surface area contributed by atoms with Crippen LogP contribution in [0, 0.1) is 0 Å². The molecular weight excluding hydrogens is 270 g/mol. The van der Waals surface area contributed by atoms with Gasteiger partial charge in [0.1, 0.15) is 6.04 Å². The second-order valence-electron chi connectivity index (χ2n) is 4.25. The van der Waals surface area contributed by atoms with Crippen LogP contribution in [0.3, 0.4) is 0 Å². The molecule has 0 radical (unpaired) electrons. The van der Waals surface area contributed by atoms with E-state index in [0.717, 1.165) is 18.2 Å². The third-order valence-corrected chi connectivity index (χ3v) is 3.28. The number of alkyl halides is 1. The highest BCUT2D eigenvalue weighted by atomic mass is 79.9. The Morgan fingerprint density at radius 1 is 1.00 bits per heavy atom. The molecule has 96 valence electrons. The first-order chi connectivity index (χ1) is 7.68. The molecule has 0 aromatic rings. The van der Waals surface area contributed by atoms with Crippen LogP contribution in [-0.2, 0) is 4.79 Å². The Morgan fingerprint density at radius 3 is 1.88 bits per heavy atom. The van der Waals surface area contributed by atoms with E-state index in [1.807, 2.05) is 0 Å². The highest BCUT2D eigenvalue weighted by molar-refractivity contribution is 9.09. The lowest BCUT2D eigenvalue weighted by Gasteiger charge is -2.05. The van der Waals surface area contributed by atoms with Gasteiger partial charge in [0.25, 0.3) is 0 Å². The van der Waals surface area contributed by atoms with Gasteiger partial charge in [0, 0.05) is 5.33 Å². The van der Waals surface area contributed by atoms with E-state index in [1.54, 1.807) is 0 Å². The molecule has 0 aromatic heterocycles. The van der Waals surface area contributed by atoms with E-state index in [1.165, 1.54) is 38.5 Å². The third-order valence-electron chi connectivity index (χ3n) is 2.72. The van der Waals surface area contributed by atoms with Crippen molar-refractivity contribution in [2.75, 3.05) is 5.33 Å². The Labute approximate surface area is 107 Å². The standard InChI is InChI=1S/C12H24BrNO2/c13-10-8-6-4-2-1-3-5-7-9-11(14)12(15)16/h11H,1-10,14H2,(H,15,16). The van der Waals surface area contributed by atoms with Gasteiger partial charge in [-0.3, -0.25) is 4.79 Å². The number of carboxylic acids is 1. The Morgan fingerprint density at radius 2 is 1.44 bits per heavy atom. The number of aliphatic carboxylic acids is 1. The number of carboxylic acid groups (broad SMARTS) is 1. The van der Waals surface area contributed by atoms with Crippen molar-refractivity contribution in [3.05, 3.63) is 0 Å². The maximum Gasteiger partial charge on any atom is 0.320 e. The second-order valence-corrected chi connectivity index (χ2v) is 5.04. The molecule has 3 nitrogen and oxygen atoms in total. The summed E-state index contributed by atoms with van der Waals surface area (Å²) in [5.74, 6) is -0.880. The van der Waals surface area contributed by atoms with Gasteiger partial charge in [-0.25, -0.2) is 0 Å². The summed E-state index contributed by atoms with van der Waals surface area (Å²) >= 11 is 3.42. The van der Waals surface area contributed by atoms with Crippen LogP contribution >= 0.6 is 15.9 Å². The van der Waals surface area contributed by atoms with E-state index in [2.05, 4.69) is 15.9 Å². The molecule has 0 rings (SSSR count). The summed E-state index contributed by atoms with van der Waals surface area (Å²) < 4.78 is 0. The maximum atomic E-state index is 10.4. The summed E-state index contributed by atoms with van der Waals surface area (Å²) in [6.07, 6.45) is 10.3. The second kappa shape index (κ2) is 11.4. The summed E-state index contributed by atoms with van der Waals surface area (Å²) in [5.41, 5.74) is 5.41. The van der Waals surface area contributed by atoms with Crippen LogP contribution in [0.4, 0.5) is 0 Å². The molecule has 0 aromatic carbocycles. The van der Waals surface area contributed by atoms with Crippen molar-refractivity contribution in [3.63, 3.8) is 0 Å². The van der Waals surface area contributed by atoms with Crippen molar-refractivity contribution in [1.82, 2.24) is 0 Å². The molecule has 0 saturated carbocycles. The molecule has 0 aliphatic carbocycles. The Bertz CT molecular complexity index is 176. The van der Waals surface area contributed by atoms with Gasteiger partial charge in [0.15, 0.2) is 0 Å². The monoisotopic (exact) mass is 293 g/mol. The molecule has 0 amide bonds. The zero-order valence-corrected chi connectivity index (χ0v) is 11.5. The van der Waals surface area contributed by atoms with Crippen LogP contribution in [0.1, 0.15) is 57.8 Å². The molecule has 0 spiro atoms. The van der Waals surface area contributed by atoms with Crippen molar-refractivity contribution < 1.29 is 9.90 Å². The molecule has 0 bridgehead atoms. The molecular formula is C12H24BrNO2. The zero-order chi connectivity index (χ0) is 12.2. The average Bonchev–Trinajstić information content (AvgIpc) is 2.26. The first kappa shape index (κ1) is 15.9. The molecule has 0 aliphatic heterocycles. The van der Waals surface area contributed by atoms with Crippen molar-refractivity contribution in [2.24, 2.45) is 5.73 Å². The van der Waals surface area contributed by atoms with E-state index in [0.29, 0.717) is 6.42 Å². The van der Waals surface area contributed by atoms with Gasteiger partial charge in [0.05, 0.1) is 0 Å². The van der Waals surface area contributed by atoms with E-state index in [9.17, 15) is 4.79 Å². The summed E-state index contributed by atoms with van der Waals surface area (Å²) in [7, 11) is 0. The first-order valence-electron chi connectivity index (χ1n) is 6.23. The lowest BCUT2D eigenvalue weighted by atomic mass is 10.1. The smallest absolute Gasteiger partial charge is 0.320 e. The number of halogens is 1. The molecule has 1 unspecified atom stereocenters. The minimum Gasteiger partial charge on any atom is -0.480 e.